The summed E-state index contributed by atoms with van der Waals surface area (Å²) >= 11 is 0. The highest BCUT2D eigenvalue weighted by Gasteiger charge is 2.17. The lowest BCUT2D eigenvalue weighted by Gasteiger charge is -2.27. The SMILES string of the molecule is Cc1ccc(N(c2ccc(C)cc2)c2ccc(N(C)c3ccc4c5cccc6cccc(c7cccc3c74)c65)cc2)cc1. The van der Waals surface area contributed by atoms with E-state index in [0.29, 0.717) is 0 Å². The molecule has 0 saturated heterocycles. The Hall–Kier alpha value is -5.34. The van der Waals surface area contributed by atoms with Crippen LogP contribution >= 0.6 is 0 Å². The lowest BCUT2D eigenvalue weighted by Crippen LogP contribution is -2.12. The highest BCUT2D eigenvalue weighted by molar-refractivity contribution is 6.34. The molecule has 0 unspecified atom stereocenters. The van der Waals surface area contributed by atoms with Crippen molar-refractivity contribution in [1.82, 2.24) is 0 Å². The second kappa shape index (κ2) is 9.89. The van der Waals surface area contributed by atoms with Crippen LogP contribution < -0.4 is 9.80 Å². The van der Waals surface area contributed by atoms with Gasteiger partial charge >= 0.3 is 0 Å². The summed E-state index contributed by atoms with van der Waals surface area (Å²) in [6, 6.07) is 51.1. The highest BCUT2D eigenvalue weighted by Crippen LogP contribution is 2.44. The van der Waals surface area contributed by atoms with E-state index in [-0.39, 0.29) is 0 Å². The van der Waals surface area contributed by atoms with E-state index in [1.807, 2.05) is 0 Å². The van der Waals surface area contributed by atoms with Gasteiger partial charge in [0.2, 0.25) is 0 Å². The molecule has 0 aliphatic carbocycles. The van der Waals surface area contributed by atoms with Crippen LogP contribution in [0.3, 0.4) is 0 Å². The minimum atomic E-state index is 1.13. The number of anilines is 5. The molecule has 0 spiro atoms. The number of fused-ring (bicyclic) bond motifs is 2. The van der Waals surface area contributed by atoms with Gasteiger partial charge in [-0.2, -0.15) is 0 Å². The van der Waals surface area contributed by atoms with E-state index in [9.17, 15) is 0 Å². The lowest BCUT2D eigenvalue weighted by molar-refractivity contribution is 1.21. The summed E-state index contributed by atoms with van der Waals surface area (Å²) in [6.45, 7) is 4.26. The van der Waals surface area contributed by atoms with Gasteiger partial charge in [0.25, 0.3) is 0 Å². The molecule has 43 heavy (non-hydrogen) atoms. The Labute approximate surface area is 252 Å². The first-order valence-corrected chi connectivity index (χ1v) is 14.9. The van der Waals surface area contributed by atoms with Gasteiger partial charge < -0.3 is 9.80 Å². The van der Waals surface area contributed by atoms with Crippen LogP contribution in [0.2, 0.25) is 0 Å². The van der Waals surface area contributed by atoms with E-state index in [0.717, 1.165) is 22.7 Å². The zero-order valence-electron chi connectivity index (χ0n) is 24.7. The summed E-state index contributed by atoms with van der Waals surface area (Å²) in [5.74, 6) is 0. The first-order valence-electron chi connectivity index (χ1n) is 14.9. The van der Waals surface area contributed by atoms with Gasteiger partial charge in [0, 0.05) is 40.9 Å². The van der Waals surface area contributed by atoms with Crippen LogP contribution in [0.15, 0.2) is 140 Å². The Morgan fingerprint density at radius 3 is 1.35 bits per heavy atom. The second-order valence-corrected chi connectivity index (χ2v) is 11.7. The molecule has 0 bridgehead atoms. The van der Waals surface area contributed by atoms with Crippen molar-refractivity contribution in [2.24, 2.45) is 0 Å². The number of benzene rings is 8. The van der Waals surface area contributed by atoms with E-state index >= 15 is 0 Å². The van der Waals surface area contributed by atoms with E-state index in [4.69, 9.17) is 0 Å². The van der Waals surface area contributed by atoms with Crippen LogP contribution in [-0.2, 0) is 0 Å². The minimum Gasteiger partial charge on any atom is -0.344 e. The standard InChI is InChI=1S/C41H32N2/c1-27-13-17-31(18-14-27)43(32-19-15-28(2)16-20-32)33-23-21-30(22-24-33)42(3)39-26-25-37-35-10-5-8-29-7-4-9-34(40(29)35)36-11-6-12-38(39)41(36)37/h4-26H,1-3H3. The van der Waals surface area contributed by atoms with E-state index in [2.05, 4.69) is 170 Å². The minimum absolute atomic E-state index is 1.13. The van der Waals surface area contributed by atoms with Gasteiger partial charge in [-0.05, 0) is 106 Å². The maximum Gasteiger partial charge on any atom is 0.0488 e. The third kappa shape index (κ3) is 4.10. The quantitative estimate of drug-likeness (QED) is 0.155. The summed E-state index contributed by atoms with van der Waals surface area (Å²) in [5.41, 5.74) is 8.29. The van der Waals surface area contributed by atoms with Crippen molar-refractivity contribution in [2.75, 3.05) is 16.8 Å². The van der Waals surface area contributed by atoms with Crippen LogP contribution in [0.25, 0.3) is 43.1 Å². The average Bonchev–Trinajstić information content (AvgIpc) is 3.05. The van der Waals surface area contributed by atoms with Crippen molar-refractivity contribution in [3.05, 3.63) is 151 Å². The van der Waals surface area contributed by atoms with Gasteiger partial charge in [0.05, 0.1) is 0 Å². The molecule has 8 aromatic rings. The van der Waals surface area contributed by atoms with Crippen molar-refractivity contribution >= 4 is 71.5 Å². The Morgan fingerprint density at radius 1 is 0.372 bits per heavy atom. The van der Waals surface area contributed by atoms with Crippen molar-refractivity contribution < 1.29 is 0 Å². The molecule has 0 N–H and O–H groups in total. The number of hydrogen-bond donors (Lipinski definition) is 0. The monoisotopic (exact) mass is 552 g/mol. The highest BCUT2D eigenvalue weighted by atomic mass is 15.1. The normalized spacial score (nSPS) is 11.6. The van der Waals surface area contributed by atoms with Gasteiger partial charge in [-0.1, -0.05) is 96.1 Å². The molecular formula is C41H32N2. The number of rotatable bonds is 5. The predicted molar refractivity (Wildman–Crippen MR) is 186 cm³/mol. The van der Waals surface area contributed by atoms with E-state index in [1.54, 1.807) is 0 Å². The molecule has 0 heterocycles. The zero-order chi connectivity index (χ0) is 29.1. The van der Waals surface area contributed by atoms with Gasteiger partial charge in [-0.3, -0.25) is 0 Å². The second-order valence-electron chi connectivity index (χ2n) is 11.7. The van der Waals surface area contributed by atoms with Crippen LogP contribution in [0.5, 0.6) is 0 Å². The fourth-order valence-electron chi connectivity index (χ4n) is 6.72. The maximum absolute atomic E-state index is 2.32. The Balaban J connectivity index is 1.23. The van der Waals surface area contributed by atoms with Crippen molar-refractivity contribution in [1.29, 1.82) is 0 Å². The van der Waals surface area contributed by atoms with E-state index in [1.165, 1.54) is 59.9 Å². The van der Waals surface area contributed by atoms with Gasteiger partial charge in [-0.15, -0.1) is 0 Å². The maximum atomic E-state index is 2.32. The van der Waals surface area contributed by atoms with Crippen LogP contribution in [-0.4, -0.2) is 7.05 Å². The molecule has 0 saturated carbocycles. The number of nitrogens with zero attached hydrogens (tertiary/aromatic N) is 2. The Bertz CT molecular complexity index is 2150. The first-order chi connectivity index (χ1) is 21.1. The summed E-state index contributed by atoms with van der Waals surface area (Å²) in [5, 5.41) is 10.5. The molecule has 2 heteroatoms. The molecule has 0 aromatic heterocycles. The Morgan fingerprint density at radius 2 is 0.791 bits per heavy atom. The van der Waals surface area contributed by atoms with Gasteiger partial charge in [0.15, 0.2) is 0 Å². The number of aryl methyl sites for hydroxylation is 2. The van der Waals surface area contributed by atoms with Crippen molar-refractivity contribution in [3.8, 4) is 0 Å². The largest absolute Gasteiger partial charge is 0.344 e. The molecule has 8 aromatic carbocycles. The van der Waals surface area contributed by atoms with Crippen molar-refractivity contribution in [2.45, 2.75) is 13.8 Å². The summed E-state index contributed by atoms with van der Waals surface area (Å²) in [7, 11) is 2.17. The van der Waals surface area contributed by atoms with Gasteiger partial charge in [0.1, 0.15) is 0 Å². The molecular weight excluding hydrogens is 520 g/mol. The summed E-state index contributed by atoms with van der Waals surface area (Å²) in [4.78, 5) is 4.64. The van der Waals surface area contributed by atoms with Crippen LogP contribution in [0.1, 0.15) is 11.1 Å². The molecule has 0 amide bonds. The van der Waals surface area contributed by atoms with Crippen molar-refractivity contribution in [3.63, 3.8) is 0 Å². The topological polar surface area (TPSA) is 6.48 Å². The van der Waals surface area contributed by atoms with Gasteiger partial charge in [-0.25, -0.2) is 0 Å². The fraction of sp³-hybridized carbons (Fsp3) is 0.0732. The smallest absolute Gasteiger partial charge is 0.0488 e. The third-order valence-electron chi connectivity index (χ3n) is 8.94. The summed E-state index contributed by atoms with van der Waals surface area (Å²) in [6.07, 6.45) is 0. The third-order valence-corrected chi connectivity index (χ3v) is 8.94. The molecule has 0 radical (unpaired) electrons. The molecule has 8 rings (SSSR count). The molecule has 206 valence electrons. The van der Waals surface area contributed by atoms with E-state index < -0.39 is 0 Å². The molecule has 0 aliphatic heterocycles. The molecule has 2 nitrogen and oxygen atoms in total. The fourth-order valence-corrected chi connectivity index (χ4v) is 6.72. The zero-order valence-corrected chi connectivity index (χ0v) is 24.7. The Kier molecular flexibility index (Phi) is 5.84. The molecule has 0 aliphatic rings. The molecule has 0 fully saturated rings. The molecule has 0 atom stereocenters. The van der Waals surface area contributed by atoms with Crippen LogP contribution in [0.4, 0.5) is 28.4 Å². The summed E-state index contributed by atoms with van der Waals surface area (Å²) < 4.78 is 0. The van der Waals surface area contributed by atoms with Crippen LogP contribution in [0, 0.1) is 13.8 Å². The average molecular weight is 553 g/mol. The first kappa shape index (κ1) is 25.4. The number of hydrogen-bond acceptors (Lipinski definition) is 2. The predicted octanol–water partition coefficient (Wildman–Crippen LogP) is 11.6. The lowest BCUT2D eigenvalue weighted by atomic mass is 9.89.